The minimum absolute atomic E-state index is 0.0416. The Bertz CT molecular complexity index is 752. The first-order valence-corrected chi connectivity index (χ1v) is 8.55. The Hall–Kier alpha value is -2.64. The van der Waals surface area contributed by atoms with Crippen LogP contribution in [-0.2, 0) is 23.3 Å². The molecule has 0 bridgehead atoms. The van der Waals surface area contributed by atoms with Crippen molar-refractivity contribution in [2.24, 2.45) is 0 Å². The largest absolute Gasteiger partial charge is 0.493 e. The normalized spacial score (nSPS) is 11.3. The van der Waals surface area contributed by atoms with Gasteiger partial charge in [0, 0.05) is 18.5 Å². The average Bonchev–Trinajstić information content (AvgIpc) is 3.07. The molecule has 142 valence electrons. The minimum Gasteiger partial charge on any atom is -0.493 e. The number of methoxy groups -OCH3 is 2. The molecule has 0 aliphatic rings. The molecule has 1 heterocycles. The molecule has 1 aromatic heterocycles. The third-order valence-electron chi connectivity index (χ3n) is 4.04. The molecule has 0 aliphatic heterocycles. The van der Waals surface area contributed by atoms with Crippen LogP contribution in [0.15, 0.2) is 18.2 Å². The number of tetrazole rings is 1. The molecule has 2 aromatic rings. The van der Waals surface area contributed by atoms with Crippen molar-refractivity contribution < 1.29 is 14.3 Å². The van der Waals surface area contributed by atoms with Crippen LogP contribution in [0.25, 0.3) is 0 Å². The maximum Gasteiger partial charge on any atom is 0.244 e. The zero-order chi connectivity index (χ0) is 19.3. The van der Waals surface area contributed by atoms with Crippen molar-refractivity contribution in [3.05, 3.63) is 29.6 Å². The van der Waals surface area contributed by atoms with E-state index in [0.717, 1.165) is 5.56 Å². The Morgan fingerprint density at radius 2 is 1.88 bits per heavy atom. The zero-order valence-corrected chi connectivity index (χ0v) is 16.3. The third kappa shape index (κ3) is 4.50. The summed E-state index contributed by atoms with van der Waals surface area (Å²) in [6.45, 7) is 9.16. The lowest BCUT2D eigenvalue weighted by atomic mass is 9.96. The third-order valence-corrected chi connectivity index (χ3v) is 4.04. The van der Waals surface area contributed by atoms with Gasteiger partial charge in [-0.1, -0.05) is 26.8 Å². The van der Waals surface area contributed by atoms with Gasteiger partial charge in [-0.3, -0.25) is 4.79 Å². The van der Waals surface area contributed by atoms with Crippen molar-refractivity contribution in [3.8, 4) is 11.5 Å². The fraction of sp³-hybridized carbons (Fsp3) is 0.556. The summed E-state index contributed by atoms with van der Waals surface area (Å²) >= 11 is 0. The summed E-state index contributed by atoms with van der Waals surface area (Å²) in [6, 6.07) is 5.65. The molecule has 0 saturated carbocycles. The smallest absolute Gasteiger partial charge is 0.244 e. The van der Waals surface area contributed by atoms with Crippen LogP contribution in [0.3, 0.4) is 0 Å². The van der Waals surface area contributed by atoms with E-state index >= 15 is 0 Å². The standard InChI is InChI=1S/C18H27N5O3/c1-7-22(11-13-8-9-14(25-5)15(10-13)26-6)16(24)12-23-17(18(2,3)4)19-20-21-23/h8-10H,7,11-12H2,1-6H3. The Morgan fingerprint density at radius 1 is 1.19 bits per heavy atom. The van der Waals surface area contributed by atoms with E-state index in [1.165, 1.54) is 0 Å². The molecule has 0 aliphatic carbocycles. The van der Waals surface area contributed by atoms with Crippen molar-refractivity contribution in [1.29, 1.82) is 0 Å². The maximum atomic E-state index is 12.8. The second-order valence-corrected chi connectivity index (χ2v) is 7.01. The maximum absolute atomic E-state index is 12.8. The fourth-order valence-corrected chi connectivity index (χ4v) is 2.65. The van der Waals surface area contributed by atoms with E-state index in [-0.39, 0.29) is 17.9 Å². The molecule has 0 unspecified atom stereocenters. The number of carbonyl (C=O) groups excluding carboxylic acids is 1. The minimum atomic E-state index is -0.232. The van der Waals surface area contributed by atoms with Crippen LogP contribution >= 0.6 is 0 Å². The Balaban J connectivity index is 2.14. The SMILES string of the molecule is CCN(Cc1ccc(OC)c(OC)c1)C(=O)Cn1nnnc1C(C)(C)C. The number of ether oxygens (including phenoxy) is 2. The fourth-order valence-electron chi connectivity index (χ4n) is 2.65. The highest BCUT2D eigenvalue weighted by Gasteiger charge is 2.24. The number of rotatable bonds is 7. The first-order valence-electron chi connectivity index (χ1n) is 8.55. The molecule has 1 aromatic carbocycles. The predicted molar refractivity (Wildman–Crippen MR) is 97.2 cm³/mol. The number of aromatic nitrogens is 4. The van der Waals surface area contributed by atoms with Gasteiger partial charge >= 0.3 is 0 Å². The summed E-state index contributed by atoms with van der Waals surface area (Å²) in [5.41, 5.74) is 0.732. The summed E-state index contributed by atoms with van der Waals surface area (Å²) in [6.07, 6.45) is 0. The van der Waals surface area contributed by atoms with Gasteiger partial charge in [0.1, 0.15) is 6.54 Å². The molecule has 8 nitrogen and oxygen atoms in total. The van der Waals surface area contributed by atoms with Gasteiger partial charge in [0.05, 0.1) is 14.2 Å². The quantitative estimate of drug-likeness (QED) is 0.750. The summed E-state index contributed by atoms with van der Waals surface area (Å²) < 4.78 is 12.2. The van der Waals surface area contributed by atoms with E-state index in [1.807, 2.05) is 45.9 Å². The van der Waals surface area contributed by atoms with Gasteiger partial charge in [-0.05, 0) is 35.0 Å². The number of nitrogens with zero attached hydrogens (tertiary/aromatic N) is 5. The molecule has 0 radical (unpaired) electrons. The lowest BCUT2D eigenvalue weighted by Crippen LogP contribution is -2.35. The molecule has 0 saturated heterocycles. The first kappa shape index (κ1) is 19.7. The van der Waals surface area contributed by atoms with Crippen LogP contribution in [0.4, 0.5) is 0 Å². The van der Waals surface area contributed by atoms with Crippen LogP contribution in [0.1, 0.15) is 39.1 Å². The number of amides is 1. The van der Waals surface area contributed by atoms with Gasteiger partial charge in [-0.15, -0.1) is 5.10 Å². The van der Waals surface area contributed by atoms with E-state index in [0.29, 0.717) is 30.4 Å². The molecule has 2 rings (SSSR count). The van der Waals surface area contributed by atoms with Crippen LogP contribution in [0, 0.1) is 0 Å². The molecule has 1 amide bonds. The zero-order valence-electron chi connectivity index (χ0n) is 16.3. The van der Waals surface area contributed by atoms with Crippen LogP contribution in [-0.4, -0.2) is 51.8 Å². The number of benzene rings is 1. The van der Waals surface area contributed by atoms with Gasteiger partial charge < -0.3 is 14.4 Å². The van der Waals surface area contributed by atoms with Gasteiger partial charge in [0.2, 0.25) is 5.91 Å². The molecular weight excluding hydrogens is 334 g/mol. The topological polar surface area (TPSA) is 82.4 Å². The lowest BCUT2D eigenvalue weighted by molar-refractivity contribution is -0.132. The summed E-state index contributed by atoms with van der Waals surface area (Å²) in [7, 11) is 3.19. The summed E-state index contributed by atoms with van der Waals surface area (Å²) in [5, 5.41) is 11.7. The van der Waals surface area contributed by atoms with Gasteiger partial charge in [0.25, 0.3) is 0 Å². The average molecular weight is 361 g/mol. The van der Waals surface area contributed by atoms with Crippen molar-refractivity contribution in [2.45, 2.75) is 46.2 Å². The second-order valence-electron chi connectivity index (χ2n) is 7.01. The van der Waals surface area contributed by atoms with Crippen LogP contribution in [0.2, 0.25) is 0 Å². The Kier molecular flexibility index (Phi) is 6.18. The number of hydrogen-bond acceptors (Lipinski definition) is 6. The highest BCUT2D eigenvalue weighted by molar-refractivity contribution is 5.76. The molecule has 0 spiro atoms. The monoisotopic (exact) mass is 361 g/mol. The van der Waals surface area contributed by atoms with Crippen molar-refractivity contribution in [2.75, 3.05) is 20.8 Å². The van der Waals surface area contributed by atoms with Crippen LogP contribution < -0.4 is 9.47 Å². The Morgan fingerprint density at radius 3 is 2.46 bits per heavy atom. The van der Waals surface area contributed by atoms with Gasteiger partial charge in [-0.2, -0.15) is 0 Å². The highest BCUT2D eigenvalue weighted by atomic mass is 16.5. The molecule has 0 fully saturated rings. The molecule has 0 atom stereocenters. The molecular formula is C18H27N5O3. The summed E-state index contributed by atoms with van der Waals surface area (Å²) in [4.78, 5) is 14.5. The molecule has 8 heteroatoms. The van der Waals surface area contributed by atoms with E-state index in [9.17, 15) is 4.79 Å². The first-order chi connectivity index (χ1) is 12.3. The predicted octanol–water partition coefficient (Wildman–Crippen LogP) is 2.04. The number of hydrogen-bond donors (Lipinski definition) is 0. The van der Waals surface area contributed by atoms with Crippen LogP contribution in [0.5, 0.6) is 11.5 Å². The van der Waals surface area contributed by atoms with E-state index in [1.54, 1.807) is 23.8 Å². The second kappa shape index (κ2) is 8.16. The summed E-state index contributed by atoms with van der Waals surface area (Å²) in [5.74, 6) is 1.95. The van der Waals surface area contributed by atoms with E-state index in [2.05, 4.69) is 15.5 Å². The molecule has 0 N–H and O–H groups in total. The highest BCUT2D eigenvalue weighted by Crippen LogP contribution is 2.28. The van der Waals surface area contributed by atoms with E-state index < -0.39 is 0 Å². The number of carbonyl (C=O) groups is 1. The van der Waals surface area contributed by atoms with E-state index in [4.69, 9.17) is 9.47 Å². The number of likely N-dealkylation sites (N-methyl/N-ethyl adjacent to an activating group) is 1. The van der Waals surface area contributed by atoms with Crippen molar-refractivity contribution in [3.63, 3.8) is 0 Å². The molecule has 26 heavy (non-hydrogen) atoms. The lowest BCUT2D eigenvalue weighted by Gasteiger charge is -2.23. The van der Waals surface area contributed by atoms with Gasteiger partial charge in [0.15, 0.2) is 17.3 Å². The van der Waals surface area contributed by atoms with Crippen molar-refractivity contribution in [1.82, 2.24) is 25.1 Å². The van der Waals surface area contributed by atoms with Gasteiger partial charge in [-0.25, -0.2) is 4.68 Å². The van der Waals surface area contributed by atoms with Crippen molar-refractivity contribution >= 4 is 5.91 Å². The Labute approximate surface area is 154 Å².